The molecule has 2 saturated carbocycles. The van der Waals surface area contributed by atoms with Crippen molar-refractivity contribution in [3.05, 3.63) is 29.7 Å². The molecule has 0 spiro atoms. The Balaban J connectivity index is 1.59. The summed E-state index contributed by atoms with van der Waals surface area (Å²) in [5.41, 5.74) is 0.959. The molecule has 2 fully saturated rings. The van der Waals surface area contributed by atoms with Crippen molar-refractivity contribution in [2.24, 2.45) is 5.92 Å². The molecule has 4 rings (SSSR count). The lowest BCUT2D eigenvalue weighted by Crippen LogP contribution is -2.32. The average molecular weight is 422 g/mol. The van der Waals surface area contributed by atoms with E-state index in [0.717, 1.165) is 0 Å². The van der Waals surface area contributed by atoms with Crippen LogP contribution in [0.25, 0.3) is 5.95 Å². The Bertz CT molecular complexity index is 921. The zero-order valence-electron chi connectivity index (χ0n) is 17.0. The standard InChI is InChI=1S/C20H25F3N6O/c1-28(2)18(30)15-9-14(15)16-10-17(24-12-3-6-20(22,23)7-4-12)26-19(25-16)29-8-5-13(11-21)27-29/h5,8,10,12,14-15H,3-4,6-7,9,11H2,1-2H3,(H,24,25,26). The van der Waals surface area contributed by atoms with Gasteiger partial charge in [-0.2, -0.15) is 10.1 Å². The number of nitrogens with zero attached hydrogens (tertiary/aromatic N) is 5. The number of rotatable bonds is 6. The van der Waals surface area contributed by atoms with E-state index in [-0.39, 0.29) is 48.3 Å². The Labute approximate surface area is 172 Å². The van der Waals surface area contributed by atoms with Crippen LogP contribution in [0.15, 0.2) is 18.3 Å². The van der Waals surface area contributed by atoms with E-state index in [1.807, 2.05) is 0 Å². The number of anilines is 1. The smallest absolute Gasteiger partial charge is 0.252 e. The third-order valence-corrected chi connectivity index (χ3v) is 5.72. The molecule has 1 N–H and O–H groups in total. The van der Waals surface area contributed by atoms with E-state index in [1.165, 1.54) is 4.68 Å². The monoisotopic (exact) mass is 422 g/mol. The second-order valence-corrected chi connectivity index (χ2v) is 8.32. The first-order valence-corrected chi connectivity index (χ1v) is 10.1. The van der Waals surface area contributed by atoms with E-state index in [9.17, 15) is 18.0 Å². The highest BCUT2D eigenvalue weighted by molar-refractivity contribution is 5.82. The van der Waals surface area contributed by atoms with Crippen LogP contribution in [0.2, 0.25) is 0 Å². The molecule has 0 bridgehead atoms. The van der Waals surface area contributed by atoms with Crippen molar-refractivity contribution in [1.29, 1.82) is 0 Å². The van der Waals surface area contributed by atoms with Crippen molar-refractivity contribution in [3.8, 4) is 5.95 Å². The van der Waals surface area contributed by atoms with Gasteiger partial charge in [-0.25, -0.2) is 22.8 Å². The van der Waals surface area contributed by atoms with Crippen LogP contribution in [0.3, 0.4) is 0 Å². The quantitative estimate of drug-likeness (QED) is 0.773. The van der Waals surface area contributed by atoms with E-state index in [4.69, 9.17) is 0 Å². The normalized spacial score (nSPS) is 23.2. The summed E-state index contributed by atoms with van der Waals surface area (Å²) in [5, 5.41) is 7.37. The van der Waals surface area contributed by atoms with Crippen molar-refractivity contribution in [2.75, 3.05) is 19.4 Å². The molecule has 2 unspecified atom stereocenters. The lowest BCUT2D eigenvalue weighted by molar-refractivity contribution is -0.130. The Morgan fingerprint density at radius 3 is 2.67 bits per heavy atom. The number of aromatic nitrogens is 4. The fourth-order valence-electron chi connectivity index (χ4n) is 3.88. The first kappa shape index (κ1) is 20.6. The topological polar surface area (TPSA) is 75.9 Å². The van der Waals surface area contributed by atoms with Crippen LogP contribution in [0.5, 0.6) is 0 Å². The second-order valence-electron chi connectivity index (χ2n) is 8.32. The molecular weight excluding hydrogens is 397 g/mol. The summed E-state index contributed by atoms with van der Waals surface area (Å²) < 4.78 is 41.2. The summed E-state index contributed by atoms with van der Waals surface area (Å²) in [4.78, 5) is 22.9. The van der Waals surface area contributed by atoms with Gasteiger partial charge >= 0.3 is 0 Å². The van der Waals surface area contributed by atoms with Crippen LogP contribution in [0, 0.1) is 5.92 Å². The second kappa shape index (κ2) is 7.88. The van der Waals surface area contributed by atoms with E-state index < -0.39 is 12.6 Å². The van der Waals surface area contributed by atoms with Crippen molar-refractivity contribution in [3.63, 3.8) is 0 Å². The van der Waals surface area contributed by atoms with E-state index in [1.54, 1.807) is 37.3 Å². The fraction of sp³-hybridized carbons (Fsp3) is 0.600. The molecule has 0 aromatic carbocycles. The minimum absolute atomic E-state index is 0.0332. The van der Waals surface area contributed by atoms with Gasteiger partial charge in [0.15, 0.2) is 0 Å². The minimum Gasteiger partial charge on any atom is -0.367 e. The number of hydrogen-bond donors (Lipinski definition) is 1. The van der Waals surface area contributed by atoms with E-state index in [2.05, 4.69) is 20.4 Å². The van der Waals surface area contributed by atoms with Crippen molar-refractivity contribution in [1.82, 2.24) is 24.6 Å². The van der Waals surface area contributed by atoms with Gasteiger partial charge in [0, 0.05) is 57.1 Å². The Hall–Kier alpha value is -2.65. The van der Waals surface area contributed by atoms with Crippen molar-refractivity contribution >= 4 is 11.7 Å². The SMILES string of the molecule is CN(C)C(=O)C1CC1c1cc(NC2CCC(F)(F)CC2)nc(-n2ccc(CF)n2)n1. The minimum atomic E-state index is -2.61. The molecule has 2 aliphatic carbocycles. The third-order valence-electron chi connectivity index (χ3n) is 5.72. The molecule has 162 valence electrons. The number of nitrogens with one attached hydrogen (secondary N) is 1. The predicted octanol–water partition coefficient (Wildman–Crippen LogP) is 3.31. The molecule has 2 aromatic rings. The number of carbonyl (C=O) groups is 1. The van der Waals surface area contributed by atoms with Crippen LogP contribution < -0.4 is 5.32 Å². The zero-order valence-corrected chi connectivity index (χ0v) is 17.0. The van der Waals surface area contributed by atoms with Gasteiger partial charge in [0.05, 0.1) is 11.4 Å². The van der Waals surface area contributed by atoms with Crippen LogP contribution >= 0.6 is 0 Å². The summed E-state index contributed by atoms with van der Waals surface area (Å²) in [6.45, 7) is -0.698. The average Bonchev–Trinajstić information content (AvgIpc) is 3.37. The van der Waals surface area contributed by atoms with Crippen LogP contribution in [0.4, 0.5) is 19.0 Å². The van der Waals surface area contributed by atoms with E-state index >= 15 is 0 Å². The summed E-state index contributed by atoms with van der Waals surface area (Å²) in [6.07, 6.45) is 2.65. The molecule has 2 heterocycles. The molecule has 0 aliphatic heterocycles. The van der Waals surface area contributed by atoms with Gasteiger partial charge in [0.1, 0.15) is 12.5 Å². The summed E-state index contributed by atoms with van der Waals surface area (Å²) >= 11 is 0. The lowest BCUT2D eigenvalue weighted by Gasteiger charge is -2.29. The molecule has 2 aliphatic rings. The van der Waals surface area contributed by atoms with Crippen molar-refractivity contribution < 1.29 is 18.0 Å². The maximum Gasteiger partial charge on any atom is 0.252 e. The summed E-state index contributed by atoms with van der Waals surface area (Å²) in [7, 11) is 3.44. The van der Waals surface area contributed by atoms with E-state index in [0.29, 0.717) is 30.8 Å². The predicted molar refractivity (Wildman–Crippen MR) is 104 cm³/mol. The lowest BCUT2D eigenvalue weighted by atomic mass is 9.92. The zero-order chi connectivity index (χ0) is 21.5. The number of alkyl halides is 3. The van der Waals surface area contributed by atoms with Gasteiger partial charge in [-0.05, 0) is 25.3 Å². The number of amides is 1. The van der Waals surface area contributed by atoms with Gasteiger partial charge in [0.25, 0.3) is 5.95 Å². The highest BCUT2D eigenvalue weighted by atomic mass is 19.3. The Morgan fingerprint density at radius 1 is 1.30 bits per heavy atom. The molecule has 0 radical (unpaired) electrons. The van der Waals surface area contributed by atoms with Gasteiger partial charge in [0.2, 0.25) is 11.8 Å². The van der Waals surface area contributed by atoms with Gasteiger partial charge in [-0.3, -0.25) is 4.79 Å². The molecule has 2 aromatic heterocycles. The molecule has 0 saturated heterocycles. The summed E-state index contributed by atoms with van der Waals surface area (Å²) in [6, 6.07) is 3.21. The highest BCUT2D eigenvalue weighted by Gasteiger charge is 2.46. The number of carbonyl (C=O) groups excluding carboxylic acids is 1. The van der Waals surface area contributed by atoms with Gasteiger partial charge in [-0.1, -0.05) is 0 Å². The maximum absolute atomic E-state index is 13.5. The molecule has 10 heteroatoms. The highest BCUT2D eigenvalue weighted by Crippen LogP contribution is 2.48. The molecule has 1 amide bonds. The Morgan fingerprint density at radius 2 is 2.03 bits per heavy atom. The molecule has 30 heavy (non-hydrogen) atoms. The Kier molecular flexibility index (Phi) is 5.42. The number of halogens is 3. The van der Waals surface area contributed by atoms with Gasteiger partial charge in [-0.15, -0.1) is 0 Å². The molecular formula is C20H25F3N6O. The molecule has 2 atom stereocenters. The van der Waals surface area contributed by atoms with Crippen LogP contribution in [-0.4, -0.2) is 56.6 Å². The maximum atomic E-state index is 13.5. The third kappa shape index (κ3) is 4.41. The van der Waals surface area contributed by atoms with Gasteiger partial charge < -0.3 is 10.2 Å². The fourth-order valence-corrected chi connectivity index (χ4v) is 3.88. The largest absolute Gasteiger partial charge is 0.367 e. The van der Waals surface area contributed by atoms with Crippen molar-refractivity contribution in [2.45, 2.75) is 56.7 Å². The molecule has 7 nitrogen and oxygen atoms in total. The first-order chi connectivity index (χ1) is 14.3. The van der Waals surface area contributed by atoms with Crippen LogP contribution in [-0.2, 0) is 11.5 Å². The first-order valence-electron chi connectivity index (χ1n) is 10.1. The summed E-state index contributed by atoms with van der Waals surface area (Å²) in [5.74, 6) is -1.96. The number of hydrogen-bond acceptors (Lipinski definition) is 5. The van der Waals surface area contributed by atoms with Crippen LogP contribution in [0.1, 0.15) is 49.4 Å².